The summed E-state index contributed by atoms with van der Waals surface area (Å²) in [7, 11) is 0. The first kappa shape index (κ1) is 36.0. The summed E-state index contributed by atoms with van der Waals surface area (Å²) in [4.78, 5) is 8.33. The zero-order valence-electron chi connectivity index (χ0n) is 9.49. The summed E-state index contributed by atoms with van der Waals surface area (Å²) in [6.07, 6.45) is -0.444. The third-order valence-electron chi connectivity index (χ3n) is 0.816. The van der Waals surface area contributed by atoms with E-state index in [0.717, 1.165) is 39.0 Å². The Bertz CT molecular complexity index is 102. The summed E-state index contributed by atoms with van der Waals surface area (Å²) in [5, 5.41) is 16.7. The van der Waals surface area contributed by atoms with Gasteiger partial charge < -0.3 is 55.8 Å². The molecule has 0 rings (SSSR count). The molecule has 0 bridgehead atoms. The quantitative estimate of drug-likeness (QED) is 0.394. The number of halogens is 1. The van der Waals surface area contributed by atoms with Crippen LogP contribution in [0.15, 0.2) is 0 Å². The molecule has 0 amide bonds. The Labute approximate surface area is 118 Å². The fourth-order valence-electron chi connectivity index (χ4n) is 0.236. The minimum absolute atomic E-state index is 0. The molecule has 8 nitrogen and oxygen atoms in total. The molecule has 0 aliphatic heterocycles. The standard InChI is InChI=1S/2C3H10N2.CH2O3.ClH.Co.H2O/c2*4-2-1-3-5;2-1(3)4;;;/h2*1-5H2;(H2,2,3,4);1H;;1H2/q;;;;+3;/p-3. The molecular formula is C7H22ClCoN4O4. The number of carbonyl (C=O) groups is 1. The molecule has 0 aliphatic rings. The number of carboxylic acid groups (broad SMARTS) is 2. The third-order valence-corrected chi connectivity index (χ3v) is 0.816. The van der Waals surface area contributed by atoms with E-state index in [1.54, 1.807) is 0 Å². The minimum Gasteiger partial charge on any atom is -1.00 e. The monoisotopic (exact) mass is 320 g/mol. The van der Waals surface area contributed by atoms with Crippen molar-refractivity contribution in [1.29, 1.82) is 0 Å². The number of carbonyl (C=O) groups excluding carboxylic acids is 1. The summed E-state index contributed by atoms with van der Waals surface area (Å²) < 4.78 is 0. The second-order valence-corrected chi connectivity index (χ2v) is 2.11. The van der Waals surface area contributed by atoms with Crippen molar-refractivity contribution in [3.63, 3.8) is 0 Å². The van der Waals surface area contributed by atoms with Crippen molar-refractivity contribution >= 4 is 6.16 Å². The number of rotatable bonds is 4. The average molecular weight is 321 g/mol. The Morgan fingerprint density at radius 3 is 0.941 bits per heavy atom. The van der Waals surface area contributed by atoms with Gasteiger partial charge in [0.15, 0.2) is 0 Å². The van der Waals surface area contributed by atoms with Gasteiger partial charge in [0, 0.05) is 0 Å². The van der Waals surface area contributed by atoms with Gasteiger partial charge in [-0.05, 0) is 45.2 Å². The normalized spacial score (nSPS) is 6.35. The molecule has 0 saturated carbocycles. The van der Waals surface area contributed by atoms with Gasteiger partial charge in [-0.2, -0.15) is 0 Å². The zero-order chi connectivity index (χ0) is 11.8. The van der Waals surface area contributed by atoms with Gasteiger partial charge in [0.05, 0.1) is 0 Å². The van der Waals surface area contributed by atoms with E-state index in [1.165, 1.54) is 0 Å². The molecule has 110 valence electrons. The van der Waals surface area contributed by atoms with Crippen molar-refractivity contribution in [2.24, 2.45) is 22.9 Å². The van der Waals surface area contributed by atoms with Crippen LogP contribution in [0.1, 0.15) is 12.8 Å². The molecule has 0 atom stereocenters. The van der Waals surface area contributed by atoms with Crippen LogP contribution in [0.5, 0.6) is 0 Å². The van der Waals surface area contributed by atoms with Crippen molar-refractivity contribution in [1.82, 2.24) is 0 Å². The summed E-state index contributed by atoms with van der Waals surface area (Å²) in [6.45, 7) is 2.88. The van der Waals surface area contributed by atoms with E-state index in [1.807, 2.05) is 0 Å². The van der Waals surface area contributed by atoms with Gasteiger partial charge in [-0.15, -0.1) is 0 Å². The van der Waals surface area contributed by atoms with Crippen molar-refractivity contribution in [3.8, 4) is 0 Å². The second kappa shape index (κ2) is 44.6. The molecule has 0 aromatic rings. The Hall–Kier alpha value is -0.134. The van der Waals surface area contributed by atoms with Crippen LogP contribution in [0, 0.1) is 0 Å². The van der Waals surface area contributed by atoms with Crippen LogP contribution in [0.2, 0.25) is 0 Å². The second-order valence-electron chi connectivity index (χ2n) is 2.11. The van der Waals surface area contributed by atoms with Gasteiger partial charge in [0.2, 0.25) is 0 Å². The molecular weight excluding hydrogens is 298 g/mol. The molecule has 0 fully saturated rings. The van der Waals surface area contributed by atoms with Crippen molar-refractivity contribution in [3.05, 3.63) is 0 Å². The summed E-state index contributed by atoms with van der Waals surface area (Å²) in [5.74, 6) is 0. The van der Waals surface area contributed by atoms with Gasteiger partial charge in [-0.3, -0.25) is 0 Å². The molecule has 0 saturated heterocycles. The Kier molecular flexibility index (Phi) is 94.4. The van der Waals surface area contributed by atoms with Crippen LogP contribution in [0.4, 0.5) is 4.79 Å². The van der Waals surface area contributed by atoms with E-state index in [4.69, 9.17) is 37.9 Å². The first-order valence-corrected chi connectivity index (χ1v) is 4.25. The fourth-order valence-corrected chi connectivity index (χ4v) is 0.236. The molecule has 0 aromatic heterocycles. The Balaban J connectivity index is -0.0000000247. The summed E-state index contributed by atoms with van der Waals surface area (Å²) in [6, 6.07) is 0. The number of hydrogen-bond donors (Lipinski definition) is 4. The molecule has 0 aromatic carbocycles. The van der Waals surface area contributed by atoms with Gasteiger partial charge in [0.1, 0.15) is 0 Å². The van der Waals surface area contributed by atoms with Crippen LogP contribution in [-0.2, 0) is 16.8 Å². The van der Waals surface area contributed by atoms with Crippen LogP contribution in [0.3, 0.4) is 0 Å². The van der Waals surface area contributed by atoms with Crippen LogP contribution >= 0.6 is 0 Å². The summed E-state index contributed by atoms with van der Waals surface area (Å²) in [5.41, 5.74) is 20.2. The predicted molar refractivity (Wildman–Crippen MR) is 54.5 cm³/mol. The molecule has 17 heavy (non-hydrogen) atoms. The SMILES string of the molecule is NCCCN.NCCCN.O.O=C([O-])[O-].[Cl-].[Co+3]. The number of nitrogens with two attached hydrogens (primary N) is 4. The third kappa shape index (κ3) is 204. The Morgan fingerprint density at radius 1 is 0.824 bits per heavy atom. The molecule has 10 heteroatoms. The summed E-state index contributed by atoms with van der Waals surface area (Å²) >= 11 is 0. The van der Waals surface area contributed by atoms with E-state index in [0.29, 0.717) is 0 Å². The van der Waals surface area contributed by atoms with Crippen LogP contribution in [-0.4, -0.2) is 37.8 Å². The van der Waals surface area contributed by atoms with Gasteiger partial charge in [0.25, 0.3) is 0 Å². The van der Waals surface area contributed by atoms with Gasteiger partial charge in [-0.25, -0.2) is 0 Å². The average Bonchev–Trinajstić information content (AvgIpc) is 2.07. The van der Waals surface area contributed by atoms with Gasteiger partial charge in [-0.1, -0.05) is 0 Å². The van der Waals surface area contributed by atoms with Crippen LogP contribution in [0.25, 0.3) is 0 Å². The van der Waals surface area contributed by atoms with E-state index in [2.05, 4.69) is 0 Å². The maximum atomic E-state index is 8.33. The molecule has 10 N–H and O–H groups in total. The first-order chi connectivity index (χ1) is 6.56. The van der Waals surface area contributed by atoms with E-state index >= 15 is 0 Å². The molecule has 0 radical (unpaired) electrons. The Morgan fingerprint density at radius 2 is 0.941 bits per heavy atom. The van der Waals surface area contributed by atoms with Crippen molar-refractivity contribution in [2.45, 2.75) is 12.8 Å². The van der Waals surface area contributed by atoms with Crippen molar-refractivity contribution < 1.29 is 49.7 Å². The van der Waals surface area contributed by atoms with E-state index in [-0.39, 0.29) is 34.7 Å². The van der Waals surface area contributed by atoms with E-state index in [9.17, 15) is 0 Å². The first-order valence-electron chi connectivity index (χ1n) is 4.25. The van der Waals surface area contributed by atoms with Gasteiger partial charge >= 0.3 is 16.8 Å². The maximum absolute atomic E-state index is 8.33. The maximum Gasteiger partial charge on any atom is 3.00 e. The number of hydrogen-bond acceptors (Lipinski definition) is 7. The molecule has 0 heterocycles. The fraction of sp³-hybridized carbons (Fsp3) is 0.857. The zero-order valence-corrected chi connectivity index (χ0v) is 11.3. The van der Waals surface area contributed by atoms with E-state index < -0.39 is 6.16 Å². The molecule has 0 unspecified atom stereocenters. The molecule has 0 spiro atoms. The predicted octanol–water partition coefficient (Wildman–Crippen LogP) is -7.68. The smallest absolute Gasteiger partial charge is 1.00 e. The molecule has 0 aliphatic carbocycles. The van der Waals surface area contributed by atoms with Crippen LogP contribution < -0.4 is 45.6 Å². The topological polar surface area (TPSA) is 199 Å². The largest absolute Gasteiger partial charge is 3.00 e. The minimum atomic E-state index is -2.33. The van der Waals surface area contributed by atoms with Crippen molar-refractivity contribution in [2.75, 3.05) is 26.2 Å².